The zero-order valence-electron chi connectivity index (χ0n) is 56.3. The SMILES string of the molecule is [F-].[F-].[Ti+2].[Ti+2].c1ccc2[cH-]c(P(C3CCCCC3)C3CCCCC3)cc2c1.c1ccc2[cH-]c(P(C3CCCCC3)C3CCCCC3)cc2c1.c1ccc2[cH-]c(P(C3CCCCC3)C3CCCCC3)cc2c1.c1ccc2[cH-]c(P(C3CCCCC3)C3CCCCC3)cc2c1. The second-order valence-corrected chi connectivity index (χ2v) is 40.5. The molecule has 0 saturated heterocycles. The molecule has 92 heavy (non-hydrogen) atoms. The summed E-state index contributed by atoms with van der Waals surface area (Å²) in [6.45, 7) is 0. The van der Waals surface area contributed by atoms with Crippen LogP contribution in [0.15, 0.2) is 146 Å². The minimum absolute atomic E-state index is 0. The third kappa shape index (κ3) is 19.4. The Bertz CT molecular complexity index is 2660. The second-order valence-electron chi connectivity index (χ2n) is 29.3. The smallest absolute Gasteiger partial charge is 1.00 e. The van der Waals surface area contributed by atoms with Crippen molar-refractivity contribution in [1.29, 1.82) is 0 Å². The van der Waals surface area contributed by atoms with Crippen LogP contribution in [-0.4, -0.2) is 45.3 Å². The van der Waals surface area contributed by atoms with Crippen LogP contribution < -0.4 is 30.6 Å². The van der Waals surface area contributed by atoms with Gasteiger partial charge in [-0.2, -0.15) is 24.3 Å². The van der Waals surface area contributed by atoms with E-state index in [0.717, 1.165) is 45.3 Å². The molecule has 0 aromatic heterocycles. The number of halogens is 2. The number of benzene rings is 4. The molecule has 0 unspecified atom stereocenters. The number of fused-ring (bicyclic) bond motifs is 4. The molecule has 8 aromatic rings. The van der Waals surface area contributed by atoms with E-state index in [9.17, 15) is 0 Å². The van der Waals surface area contributed by atoms with Gasteiger partial charge in [0, 0.05) is 0 Å². The molecule has 0 N–H and O–H groups in total. The Kier molecular flexibility index (Phi) is 31.3. The van der Waals surface area contributed by atoms with Crippen LogP contribution in [0, 0.1) is 0 Å². The van der Waals surface area contributed by atoms with Crippen LogP contribution >= 0.6 is 31.7 Å². The van der Waals surface area contributed by atoms with Crippen LogP contribution in [0.4, 0.5) is 0 Å². The van der Waals surface area contributed by atoms with Gasteiger partial charge in [0.1, 0.15) is 0 Å². The van der Waals surface area contributed by atoms with Crippen molar-refractivity contribution in [2.75, 3.05) is 0 Å². The van der Waals surface area contributed by atoms with Gasteiger partial charge in [0.05, 0.1) is 0 Å². The first-order chi connectivity index (χ1) is 43.7. The molecule has 492 valence electrons. The summed E-state index contributed by atoms with van der Waals surface area (Å²) >= 11 is 0. The Morgan fingerprint density at radius 1 is 0.207 bits per heavy atom. The van der Waals surface area contributed by atoms with Gasteiger partial charge < -0.3 is 9.41 Å². The summed E-state index contributed by atoms with van der Waals surface area (Å²) in [5.41, 5.74) is 8.14. The average Bonchev–Trinajstić information content (AvgIpc) is 1.88. The van der Waals surface area contributed by atoms with Crippen molar-refractivity contribution in [1.82, 2.24) is 0 Å². The van der Waals surface area contributed by atoms with Gasteiger partial charge in [-0.3, -0.25) is 0 Å². The molecular formula is C84H112F2P4Ti2-2. The molecule has 8 aromatic carbocycles. The van der Waals surface area contributed by atoms with Crippen molar-refractivity contribution >= 4 is 96.0 Å². The van der Waals surface area contributed by atoms with Crippen LogP contribution in [0.25, 0.3) is 43.1 Å². The maximum absolute atomic E-state index is 2.55. The van der Waals surface area contributed by atoms with Crippen LogP contribution in [-0.2, 0) is 43.4 Å². The van der Waals surface area contributed by atoms with Crippen molar-refractivity contribution in [2.24, 2.45) is 0 Å². The van der Waals surface area contributed by atoms with E-state index >= 15 is 0 Å². The summed E-state index contributed by atoms with van der Waals surface area (Å²) in [5.74, 6) is 0. The van der Waals surface area contributed by atoms with E-state index in [4.69, 9.17) is 0 Å². The zero-order chi connectivity index (χ0) is 59.1. The molecule has 8 aliphatic rings. The standard InChI is InChI=1S/4C21H28P.2FH.2Ti/c4*1-3-11-19(12-4-1)22(20-13-5-2-6-14-20)21-15-17-9-7-8-10-18(17)16-21;;;;/h4*7-10,15-16,19-20H,1-6,11-14H2;2*1H;;/q4*-1;;;2*+2/p-2. The maximum Gasteiger partial charge on any atom is 2.00 e. The van der Waals surface area contributed by atoms with Crippen molar-refractivity contribution in [2.45, 2.75) is 302 Å². The first-order valence-electron chi connectivity index (χ1n) is 37.4. The van der Waals surface area contributed by atoms with E-state index in [1.165, 1.54) is 300 Å². The van der Waals surface area contributed by atoms with Crippen molar-refractivity contribution in [3.05, 3.63) is 146 Å². The molecule has 0 nitrogen and oxygen atoms in total. The molecule has 0 aliphatic heterocycles. The molecule has 0 bridgehead atoms. The fourth-order valence-electron chi connectivity index (χ4n) is 18.9. The molecule has 0 heterocycles. The van der Waals surface area contributed by atoms with Gasteiger partial charge in [-0.15, -0.1) is 161 Å². The largest absolute Gasteiger partial charge is 2.00 e. The van der Waals surface area contributed by atoms with Gasteiger partial charge >= 0.3 is 43.4 Å². The maximum atomic E-state index is 2.55. The zero-order valence-corrected chi connectivity index (χ0v) is 63.0. The summed E-state index contributed by atoms with van der Waals surface area (Å²) in [6, 6.07) is 56.3. The van der Waals surface area contributed by atoms with Gasteiger partial charge in [-0.25, -0.2) is 0 Å². The van der Waals surface area contributed by atoms with Crippen LogP contribution in [0.3, 0.4) is 0 Å². The fourth-order valence-corrected chi connectivity index (χ4v) is 34.3. The van der Waals surface area contributed by atoms with E-state index in [0.29, 0.717) is 0 Å². The van der Waals surface area contributed by atoms with Crippen molar-refractivity contribution in [3.8, 4) is 0 Å². The predicted molar refractivity (Wildman–Crippen MR) is 399 cm³/mol. The molecule has 0 radical (unpaired) electrons. The summed E-state index contributed by atoms with van der Waals surface area (Å²) in [7, 11) is 0.244. The third-order valence-electron chi connectivity index (χ3n) is 23.3. The Morgan fingerprint density at radius 3 is 0.489 bits per heavy atom. The predicted octanol–water partition coefficient (Wildman–Crippen LogP) is 19.3. The Balaban J connectivity index is 0.000000143. The topological polar surface area (TPSA) is 0 Å². The van der Waals surface area contributed by atoms with E-state index in [1.807, 2.05) is 0 Å². The molecule has 0 amide bonds. The second kappa shape index (κ2) is 38.6. The third-order valence-corrected chi connectivity index (χ3v) is 37.2. The Morgan fingerprint density at radius 2 is 0.348 bits per heavy atom. The Labute approximate surface area is 591 Å². The molecule has 8 heteroatoms. The van der Waals surface area contributed by atoms with Crippen molar-refractivity contribution in [3.63, 3.8) is 0 Å². The molecule has 8 aliphatic carbocycles. The molecule has 8 saturated carbocycles. The van der Waals surface area contributed by atoms with E-state index in [1.54, 1.807) is 21.2 Å². The monoisotopic (exact) mass is 1380 g/mol. The molecule has 8 fully saturated rings. The summed E-state index contributed by atoms with van der Waals surface area (Å²) in [4.78, 5) is 0. The average molecular weight is 1380 g/mol. The van der Waals surface area contributed by atoms with Gasteiger partial charge in [0.25, 0.3) is 0 Å². The first kappa shape index (κ1) is 74.5. The van der Waals surface area contributed by atoms with Crippen LogP contribution in [0.2, 0.25) is 0 Å². The first-order valence-corrected chi connectivity index (χ1v) is 43.3. The van der Waals surface area contributed by atoms with E-state index in [-0.39, 0.29) is 84.5 Å². The normalized spacial score (nSPS) is 20.7. The number of hydrogen-bond donors (Lipinski definition) is 0. The number of rotatable bonds is 12. The van der Waals surface area contributed by atoms with Gasteiger partial charge in [0.15, 0.2) is 0 Å². The number of hydrogen-bond acceptors (Lipinski definition) is 0. The minimum atomic E-state index is 0. The quantitative estimate of drug-likeness (QED) is 0.0650. The van der Waals surface area contributed by atoms with E-state index in [2.05, 4.69) is 146 Å². The minimum Gasteiger partial charge on any atom is -1.00 e. The summed E-state index contributed by atoms with van der Waals surface area (Å²) in [6.07, 6.45) is 59.6. The molecule has 0 spiro atoms. The van der Waals surface area contributed by atoms with Gasteiger partial charge in [0.2, 0.25) is 0 Å². The molecular weight excluding hydrogens is 1270 g/mol. The fraction of sp³-hybridized carbons (Fsp3) is 0.571. The van der Waals surface area contributed by atoms with Crippen molar-refractivity contribution < 1.29 is 52.8 Å². The van der Waals surface area contributed by atoms with Crippen LogP contribution in [0.5, 0.6) is 0 Å². The Hall–Kier alpha value is -1.67. The summed E-state index contributed by atoms with van der Waals surface area (Å²) in [5, 5.41) is 18.7. The van der Waals surface area contributed by atoms with Crippen LogP contribution in [0.1, 0.15) is 257 Å². The summed E-state index contributed by atoms with van der Waals surface area (Å²) < 4.78 is 0. The van der Waals surface area contributed by atoms with Gasteiger partial charge in [-0.1, -0.05) is 210 Å². The molecule has 0 atom stereocenters. The molecule has 16 rings (SSSR count). The van der Waals surface area contributed by atoms with Gasteiger partial charge in [-0.05, 0) is 148 Å². The van der Waals surface area contributed by atoms with E-state index < -0.39 is 0 Å².